The van der Waals surface area contributed by atoms with Crippen molar-refractivity contribution < 1.29 is 18.7 Å². The second-order valence-electron chi connectivity index (χ2n) is 5.68. The van der Waals surface area contributed by atoms with Gasteiger partial charge < -0.3 is 10.4 Å². The van der Waals surface area contributed by atoms with Crippen molar-refractivity contribution in [2.45, 2.75) is 6.04 Å². The van der Waals surface area contributed by atoms with Crippen molar-refractivity contribution in [2.75, 3.05) is 5.32 Å². The largest absolute Gasteiger partial charge is 0.478 e. The molecule has 0 aliphatic heterocycles. The fourth-order valence-corrected chi connectivity index (χ4v) is 3.01. The molecule has 0 aliphatic carbocycles. The molecule has 0 saturated carbocycles. The Labute approximate surface area is 157 Å². The van der Waals surface area contributed by atoms with Gasteiger partial charge in [-0.25, -0.2) is 13.6 Å². The van der Waals surface area contributed by atoms with E-state index >= 15 is 0 Å². The van der Waals surface area contributed by atoms with Gasteiger partial charge in [0, 0.05) is 10.2 Å². The molecule has 0 radical (unpaired) electrons. The fraction of sp³-hybridized carbons (Fsp3) is 0.0500. The highest BCUT2D eigenvalue weighted by molar-refractivity contribution is 9.10. The molecule has 0 heterocycles. The first-order valence-corrected chi connectivity index (χ1v) is 8.53. The summed E-state index contributed by atoms with van der Waals surface area (Å²) in [5.41, 5.74) is 1.93. The molecule has 0 saturated heterocycles. The number of nitrogens with one attached hydrogen (secondary N) is 1. The van der Waals surface area contributed by atoms with E-state index in [4.69, 9.17) is 0 Å². The number of carboxylic acid groups (broad SMARTS) is 1. The van der Waals surface area contributed by atoms with Crippen molar-refractivity contribution in [1.29, 1.82) is 0 Å². The molecule has 0 aliphatic rings. The Kier molecular flexibility index (Phi) is 5.32. The topological polar surface area (TPSA) is 49.3 Å². The number of hydrogen-bond donors (Lipinski definition) is 2. The van der Waals surface area contributed by atoms with Crippen LogP contribution in [-0.2, 0) is 0 Å². The van der Waals surface area contributed by atoms with Crippen LogP contribution in [0.15, 0.2) is 71.2 Å². The summed E-state index contributed by atoms with van der Waals surface area (Å²) < 4.78 is 27.2. The first kappa shape index (κ1) is 18.1. The first-order valence-electron chi connectivity index (χ1n) is 7.74. The van der Waals surface area contributed by atoms with E-state index < -0.39 is 12.0 Å². The van der Waals surface area contributed by atoms with Crippen LogP contribution in [0.3, 0.4) is 0 Å². The Balaban J connectivity index is 2.05. The first-order chi connectivity index (χ1) is 12.4. The quantitative estimate of drug-likeness (QED) is 0.565. The summed E-state index contributed by atoms with van der Waals surface area (Å²) >= 11 is 3.26. The molecular formula is C20H14BrF2NO2. The molecule has 0 amide bonds. The Bertz CT molecular complexity index is 882. The van der Waals surface area contributed by atoms with Gasteiger partial charge in [-0.1, -0.05) is 40.2 Å². The van der Waals surface area contributed by atoms with Gasteiger partial charge in [0.25, 0.3) is 0 Å². The second-order valence-corrected chi connectivity index (χ2v) is 6.59. The van der Waals surface area contributed by atoms with Crippen LogP contribution in [0, 0.1) is 11.6 Å². The number of anilines is 1. The normalized spacial score (nSPS) is 10.8. The smallest absolute Gasteiger partial charge is 0.337 e. The zero-order chi connectivity index (χ0) is 18.7. The fourth-order valence-electron chi connectivity index (χ4n) is 2.64. The van der Waals surface area contributed by atoms with Crippen molar-refractivity contribution in [3.8, 4) is 0 Å². The average Bonchev–Trinajstić information content (AvgIpc) is 2.62. The molecule has 0 fully saturated rings. The van der Waals surface area contributed by atoms with Gasteiger partial charge in [-0.3, -0.25) is 0 Å². The summed E-state index contributed by atoms with van der Waals surface area (Å²) in [6, 6.07) is 16.1. The maximum absolute atomic E-state index is 13.3. The van der Waals surface area contributed by atoms with Gasteiger partial charge in [0.15, 0.2) is 0 Å². The molecule has 26 heavy (non-hydrogen) atoms. The van der Waals surface area contributed by atoms with E-state index in [0.29, 0.717) is 10.2 Å². The molecule has 3 aromatic rings. The van der Waals surface area contributed by atoms with Crippen molar-refractivity contribution in [3.05, 3.63) is 99.5 Å². The number of aromatic carboxylic acids is 1. The number of carboxylic acids is 1. The summed E-state index contributed by atoms with van der Waals surface area (Å²) in [6.45, 7) is 0. The number of hydrogen-bond acceptors (Lipinski definition) is 2. The van der Waals surface area contributed by atoms with Crippen LogP contribution in [0.25, 0.3) is 0 Å². The Morgan fingerprint density at radius 3 is 1.85 bits per heavy atom. The molecular weight excluding hydrogens is 404 g/mol. The maximum Gasteiger partial charge on any atom is 0.337 e. The third-order valence-corrected chi connectivity index (χ3v) is 4.41. The van der Waals surface area contributed by atoms with Crippen LogP contribution in [-0.4, -0.2) is 11.1 Å². The van der Waals surface area contributed by atoms with Crippen molar-refractivity contribution >= 4 is 27.6 Å². The third-order valence-electron chi connectivity index (χ3n) is 3.92. The predicted molar refractivity (Wildman–Crippen MR) is 99.4 cm³/mol. The predicted octanol–water partition coefficient (Wildman–Crippen LogP) is 5.63. The number of rotatable bonds is 5. The summed E-state index contributed by atoms with van der Waals surface area (Å²) in [4.78, 5) is 11.6. The monoisotopic (exact) mass is 417 g/mol. The van der Waals surface area contributed by atoms with Gasteiger partial charge in [-0.05, 0) is 53.6 Å². The summed E-state index contributed by atoms with van der Waals surface area (Å²) in [7, 11) is 0. The van der Waals surface area contributed by atoms with E-state index in [1.54, 1.807) is 36.4 Å². The van der Waals surface area contributed by atoms with E-state index in [-0.39, 0.29) is 17.2 Å². The zero-order valence-electron chi connectivity index (χ0n) is 13.4. The molecule has 0 aromatic heterocycles. The van der Waals surface area contributed by atoms with E-state index in [9.17, 15) is 18.7 Å². The third kappa shape index (κ3) is 4.08. The molecule has 0 unspecified atom stereocenters. The van der Waals surface area contributed by atoms with Crippen LogP contribution in [0.5, 0.6) is 0 Å². The minimum absolute atomic E-state index is 0.0913. The van der Waals surface area contributed by atoms with E-state index in [0.717, 1.165) is 11.1 Å². The van der Waals surface area contributed by atoms with Gasteiger partial charge in [0.1, 0.15) is 11.6 Å². The summed E-state index contributed by atoms with van der Waals surface area (Å²) in [5.74, 6) is -1.83. The zero-order valence-corrected chi connectivity index (χ0v) is 15.0. The lowest BCUT2D eigenvalue weighted by molar-refractivity contribution is 0.0698. The highest BCUT2D eigenvalue weighted by Crippen LogP contribution is 2.30. The number of benzene rings is 3. The van der Waals surface area contributed by atoms with Crippen LogP contribution in [0.2, 0.25) is 0 Å². The van der Waals surface area contributed by atoms with Crippen molar-refractivity contribution in [3.63, 3.8) is 0 Å². The molecule has 3 aromatic carbocycles. The standard InChI is InChI=1S/C20H14BrF2NO2/c21-14-5-10-18(17(11-14)20(25)26)24-19(12-1-6-15(22)7-2-12)13-3-8-16(23)9-4-13/h1-11,19,24H,(H,25,26). The highest BCUT2D eigenvalue weighted by Gasteiger charge is 2.18. The Morgan fingerprint density at radius 1 is 0.885 bits per heavy atom. The van der Waals surface area contributed by atoms with Crippen LogP contribution >= 0.6 is 15.9 Å². The summed E-state index contributed by atoms with van der Waals surface area (Å²) in [5, 5.41) is 12.6. The van der Waals surface area contributed by atoms with E-state index in [1.807, 2.05) is 0 Å². The number of carbonyl (C=O) groups is 1. The molecule has 0 atom stereocenters. The number of halogens is 3. The lowest BCUT2D eigenvalue weighted by atomic mass is 9.97. The molecule has 132 valence electrons. The van der Waals surface area contributed by atoms with Crippen molar-refractivity contribution in [2.24, 2.45) is 0 Å². The van der Waals surface area contributed by atoms with Gasteiger partial charge in [0.2, 0.25) is 0 Å². The van der Waals surface area contributed by atoms with Crippen LogP contribution < -0.4 is 5.32 Å². The average molecular weight is 418 g/mol. The van der Waals surface area contributed by atoms with E-state index in [2.05, 4.69) is 21.2 Å². The Hall–Kier alpha value is -2.73. The lowest BCUT2D eigenvalue weighted by Crippen LogP contribution is -2.15. The lowest BCUT2D eigenvalue weighted by Gasteiger charge is -2.22. The molecule has 0 spiro atoms. The maximum atomic E-state index is 13.3. The van der Waals surface area contributed by atoms with Gasteiger partial charge in [0.05, 0.1) is 11.6 Å². The molecule has 6 heteroatoms. The van der Waals surface area contributed by atoms with Gasteiger partial charge in [-0.15, -0.1) is 0 Å². The molecule has 3 nitrogen and oxygen atoms in total. The molecule has 0 bridgehead atoms. The summed E-state index contributed by atoms with van der Waals surface area (Å²) in [6.07, 6.45) is 0. The van der Waals surface area contributed by atoms with Crippen molar-refractivity contribution in [1.82, 2.24) is 0 Å². The minimum Gasteiger partial charge on any atom is -0.478 e. The second kappa shape index (κ2) is 7.66. The Morgan fingerprint density at radius 2 is 1.38 bits per heavy atom. The molecule has 2 N–H and O–H groups in total. The van der Waals surface area contributed by atoms with Gasteiger partial charge >= 0.3 is 5.97 Å². The SMILES string of the molecule is O=C(O)c1cc(Br)ccc1NC(c1ccc(F)cc1)c1ccc(F)cc1. The van der Waals surface area contributed by atoms with Crippen LogP contribution in [0.1, 0.15) is 27.5 Å². The highest BCUT2D eigenvalue weighted by atomic mass is 79.9. The van der Waals surface area contributed by atoms with Gasteiger partial charge in [-0.2, -0.15) is 0 Å². The minimum atomic E-state index is -1.08. The van der Waals surface area contributed by atoms with E-state index in [1.165, 1.54) is 30.3 Å². The van der Waals surface area contributed by atoms with Crippen LogP contribution in [0.4, 0.5) is 14.5 Å². The molecule has 3 rings (SSSR count).